The Morgan fingerprint density at radius 2 is 1.82 bits per heavy atom. The van der Waals surface area contributed by atoms with Gasteiger partial charge in [0.2, 0.25) is 0 Å². The summed E-state index contributed by atoms with van der Waals surface area (Å²) in [5.41, 5.74) is 8.69. The van der Waals surface area contributed by atoms with E-state index in [1.165, 1.54) is 6.92 Å². The summed E-state index contributed by atoms with van der Waals surface area (Å²) in [5, 5.41) is 2.80. The molecule has 5 nitrogen and oxygen atoms in total. The molecule has 1 amide bonds. The van der Waals surface area contributed by atoms with E-state index in [-0.39, 0.29) is 11.7 Å². The first kappa shape index (κ1) is 15.6. The first-order chi connectivity index (χ1) is 10.4. The fourth-order valence-electron chi connectivity index (χ4n) is 2.14. The third-order valence-electron chi connectivity index (χ3n) is 3.27. The maximum atomic E-state index is 12.5. The van der Waals surface area contributed by atoms with Gasteiger partial charge in [-0.25, -0.2) is 0 Å². The summed E-state index contributed by atoms with van der Waals surface area (Å²) in [6.45, 7) is 1.49. The molecule has 0 fully saturated rings. The number of Topliss-reactive ketones (excluding diaryl/α,β-unsaturated/α-hetero) is 1. The van der Waals surface area contributed by atoms with Gasteiger partial charge in [-0.05, 0) is 37.3 Å². The number of benzene rings is 2. The fraction of sp³-hybridized carbons (Fsp3) is 0.176. The van der Waals surface area contributed by atoms with E-state index in [9.17, 15) is 9.59 Å². The number of hydrogen-bond donors (Lipinski definition) is 2. The van der Waals surface area contributed by atoms with Crippen molar-refractivity contribution in [3.8, 4) is 0 Å². The lowest BCUT2D eigenvalue weighted by molar-refractivity contribution is 0.101. The maximum absolute atomic E-state index is 12.5. The molecule has 0 aromatic heterocycles. The molecular formula is C17H19N3O2. The second-order valence-corrected chi connectivity index (χ2v) is 5.26. The summed E-state index contributed by atoms with van der Waals surface area (Å²) in [5.74, 6) is -0.314. The maximum Gasteiger partial charge on any atom is 0.257 e. The normalized spacial score (nSPS) is 10.1. The topological polar surface area (TPSA) is 75.4 Å². The molecule has 0 aliphatic carbocycles. The van der Waals surface area contributed by atoms with E-state index in [1.54, 1.807) is 42.5 Å². The highest BCUT2D eigenvalue weighted by Crippen LogP contribution is 2.23. The van der Waals surface area contributed by atoms with Crippen molar-refractivity contribution in [1.82, 2.24) is 0 Å². The van der Waals surface area contributed by atoms with Crippen LogP contribution in [0.1, 0.15) is 27.6 Å². The smallest absolute Gasteiger partial charge is 0.257 e. The van der Waals surface area contributed by atoms with Crippen LogP contribution in [-0.4, -0.2) is 25.8 Å². The number of nitrogens with zero attached hydrogens (tertiary/aromatic N) is 1. The average molecular weight is 297 g/mol. The number of nitrogens with one attached hydrogen (secondary N) is 1. The number of ketones is 1. The third-order valence-corrected chi connectivity index (χ3v) is 3.27. The minimum atomic E-state index is -0.267. The van der Waals surface area contributed by atoms with E-state index in [0.717, 1.165) is 5.69 Å². The van der Waals surface area contributed by atoms with Gasteiger partial charge in [-0.15, -0.1) is 0 Å². The van der Waals surface area contributed by atoms with Crippen LogP contribution in [0.2, 0.25) is 0 Å². The molecule has 0 heterocycles. The van der Waals surface area contributed by atoms with Crippen LogP contribution in [0, 0.1) is 0 Å². The summed E-state index contributed by atoms with van der Waals surface area (Å²) in [4.78, 5) is 25.7. The van der Waals surface area contributed by atoms with Crippen molar-refractivity contribution in [3.63, 3.8) is 0 Å². The molecular weight excluding hydrogens is 278 g/mol. The lowest BCUT2D eigenvalue weighted by atomic mass is 10.1. The molecule has 0 saturated heterocycles. The van der Waals surface area contributed by atoms with Gasteiger partial charge in [0.1, 0.15) is 0 Å². The molecule has 2 aromatic rings. The van der Waals surface area contributed by atoms with E-state index < -0.39 is 0 Å². The van der Waals surface area contributed by atoms with Crippen LogP contribution < -0.4 is 16.0 Å². The highest BCUT2D eigenvalue weighted by Gasteiger charge is 2.14. The molecule has 0 radical (unpaired) electrons. The van der Waals surface area contributed by atoms with Crippen molar-refractivity contribution in [2.24, 2.45) is 0 Å². The van der Waals surface area contributed by atoms with Crippen LogP contribution in [-0.2, 0) is 0 Å². The van der Waals surface area contributed by atoms with Gasteiger partial charge in [0, 0.05) is 36.7 Å². The molecule has 0 aliphatic heterocycles. The number of nitrogens with two attached hydrogens (primary N) is 1. The van der Waals surface area contributed by atoms with E-state index >= 15 is 0 Å². The van der Waals surface area contributed by atoms with Crippen molar-refractivity contribution in [3.05, 3.63) is 53.6 Å². The molecule has 22 heavy (non-hydrogen) atoms. The first-order valence-electron chi connectivity index (χ1n) is 6.87. The summed E-state index contributed by atoms with van der Waals surface area (Å²) in [6, 6.07) is 12.0. The Morgan fingerprint density at radius 1 is 1.09 bits per heavy atom. The molecule has 3 N–H and O–H groups in total. The van der Waals surface area contributed by atoms with E-state index in [1.807, 2.05) is 19.0 Å². The Morgan fingerprint density at radius 3 is 2.45 bits per heavy atom. The summed E-state index contributed by atoms with van der Waals surface area (Å²) in [7, 11) is 3.72. The Kier molecular flexibility index (Phi) is 4.46. The number of anilines is 3. The van der Waals surface area contributed by atoms with E-state index in [0.29, 0.717) is 22.5 Å². The van der Waals surface area contributed by atoms with Crippen LogP contribution in [0.5, 0.6) is 0 Å². The Hall–Kier alpha value is -2.82. The summed E-state index contributed by atoms with van der Waals surface area (Å²) >= 11 is 0. The molecule has 2 rings (SSSR count). The fourth-order valence-corrected chi connectivity index (χ4v) is 2.14. The SMILES string of the molecule is CC(=O)c1cccc(NC(=O)c2cc(N)ccc2N(C)C)c1. The molecule has 114 valence electrons. The van der Waals surface area contributed by atoms with Gasteiger partial charge >= 0.3 is 0 Å². The number of hydrogen-bond acceptors (Lipinski definition) is 4. The van der Waals surface area contributed by atoms with Crippen molar-refractivity contribution in [2.45, 2.75) is 6.92 Å². The van der Waals surface area contributed by atoms with Crippen LogP contribution >= 0.6 is 0 Å². The lowest BCUT2D eigenvalue weighted by Crippen LogP contribution is -2.19. The highest BCUT2D eigenvalue weighted by molar-refractivity contribution is 6.09. The third kappa shape index (κ3) is 3.44. The van der Waals surface area contributed by atoms with Crippen molar-refractivity contribution in [1.29, 1.82) is 0 Å². The first-order valence-corrected chi connectivity index (χ1v) is 6.87. The molecule has 0 unspecified atom stereocenters. The van der Waals surface area contributed by atoms with Crippen LogP contribution in [0.15, 0.2) is 42.5 Å². The van der Waals surface area contributed by atoms with Gasteiger partial charge in [0.15, 0.2) is 5.78 Å². The van der Waals surface area contributed by atoms with Gasteiger partial charge < -0.3 is 16.0 Å². The van der Waals surface area contributed by atoms with Gasteiger partial charge in [-0.1, -0.05) is 12.1 Å². The molecule has 0 spiro atoms. The Balaban J connectivity index is 2.31. The lowest BCUT2D eigenvalue weighted by Gasteiger charge is -2.17. The molecule has 5 heteroatoms. The Labute approximate surface area is 129 Å². The second kappa shape index (κ2) is 6.30. The average Bonchev–Trinajstić information content (AvgIpc) is 2.47. The number of carbonyl (C=O) groups is 2. The zero-order valence-corrected chi connectivity index (χ0v) is 12.9. The largest absolute Gasteiger partial charge is 0.399 e. The minimum absolute atomic E-state index is 0.0472. The van der Waals surface area contributed by atoms with E-state index in [2.05, 4.69) is 5.32 Å². The van der Waals surface area contributed by atoms with Crippen molar-refractivity contribution >= 4 is 28.8 Å². The highest BCUT2D eigenvalue weighted by atomic mass is 16.1. The quantitative estimate of drug-likeness (QED) is 0.672. The zero-order valence-electron chi connectivity index (χ0n) is 12.9. The predicted molar refractivity (Wildman–Crippen MR) is 89.6 cm³/mol. The van der Waals surface area contributed by atoms with Crippen molar-refractivity contribution in [2.75, 3.05) is 30.0 Å². The second-order valence-electron chi connectivity index (χ2n) is 5.26. The molecule has 0 aliphatic rings. The van der Waals surface area contributed by atoms with Crippen LogP contribution in [0.25, 0.3) is 0 Å². The van der Waals surface area contributed by atoms with Gasteiger partial charge in [0.25, 0.3) is 5.91 Å². The number of nitrogen functional groups attached to an aromatic ring is 1. The molecule has 0 saturated carbocycles. The van der Waals surface area contributed by atoms with Crippen molar-refractivity contribution < 1.29 is 9.59 Å². The van der Waals surface area contributed by atoms with Gasteiger partial charge in [-0.3, -0.25) is 9.59 Å². The van der Waals surface area contributed by atoms with Crippen LogP contribution in [0.4, 0.5) is 17.1 Å². The molecule has 0 atom stereocenters. The number of amides is 1. The summed E-state index contributed by atoms with van der Waals surface area (Å²) < 4.78 is 0. The van der Waals surface area contributed by atoms with Crippen LogP contribution in [0.3, 0.4) is 0 Å². The summed E-state index contributed by atoms with van der Waals surface area (Å²) in [6.07, 6.45) is 0. The molecule has 2 aromatic carbocycles. The molecule has 0 bridgehead atoms. The van der Waals surface area contributed by atoms with Gasteiger partial charge in [-0.2, -0.15) is 0 Å². The zero-order chi connectivity index (χ0) is 16.3. The number of carbonyl (C=O) groups excluding carboxylic acids is 2. The van der Waals surface area contributed by atoms with E-state index in [4.69, 9.17) is 5.73 Å². The standard InChI is InChI=1S/C17H19N3O2/c1-11(21)12-5-4-6-14(9-12)19-17(22)15-10-13(18)7-8-16(15)20(2)3/h4-10H,18H2,1-3H3,(H,19,22). The Bertz CT molecular complexity index is 724. The number of rotatable bonds is 4. The van der Waals surface area contributed by atoms with Gasteiger partial charge in [0.05, 0.1) is 5.56 Å². The monoisotopic (exact) mass is 297 g/mol. The minimum Gasteiger partial charge on any atom is -0.399 e. The predicted octanol–water partition coefficient (Wildman–Crippen LogP) is 2.79.